The molecule has 0 aromatic heterocycles. The largest absolute Gasteiger partial charge is 0.444 e. The smallest absolute Gasteiger partial charge is 0.410 e. The zero-order chi connectivity index (χ0) is 17.9. The molecular formula is C18H27ClN2O3. The van der Waals surface area contributed by atoms with Gasteiger partial charge in [-0.05, 0) is 44.4 Å². The Balaban J connectivity index is 1.91. The Bertz CT molecular complexity index is 586. The lowest BCUT2D eigenvalue weighted by Crippen LogP contribution is -2.36. The number of halogens is 1. The number of hydrogen-bond donors (Lipinski definition) is 1. The quantitative estimate of drug-likeness (QED) is 0.900. The first kappa shape index (κ1) is 19.0. The van der Waals surface area contributed by atoms with E-state index in [1.54, 1.807) is 4.90 Å². The van der Waals surface area contributed by atoms with Crippen molar-refractivity contribution in [1.29, 1.82) is 0 Å². The normalized spacial score (nSPS) is 21.2. The highest BCUT2D eigenvalue weighted by Gasteiger charge is 2.35. The van der Waals surface area contributed by atoms with Crippen LogP contribution in [0.1, 0.15) is 38.8 Å². The van der Waals surface area contributed by atoms with Crippen molar-refractivity contribution in [2.45, 2.75) is 58.5 Å². The summed E-state index contributed by atoms with van der Waals surface area (Å²) in [5.74, 6) is 0. The lowest BCUT2D eigenvalue weighted by molar-refractivity contribution is 0.0172. The molecule has 1 heterocycles. The Kier molecular flexibility index (Phi) is 6.12. The summed E-state index contributed by atoms with van der Waals surface area (Å²) in [6, 6.07) is 5.68. The number of carbonyl (C=O) groups excluding carboxylic acids is 1. The molecule has 5 nitrogen and oxygen atoms in total. The van der Waals surface area contributed by atoms with Crippen molar-refractivity contribution in [2.24, 2.45) is 5.73 Å². The van der Waals surface area contributed by atoms with Gasteiger partial charge in [0.2, 0.25) is 0 Å². The van der Waals surface area contributed by atoms with E-state index >= 15 is 0 Å². The lowest BCUT2D eigenvalue weighted by atomic mass is 10.1. The number of likely N-dealkylation sites (tertiary alicyclic amines) is 1. The Hall–Kier alpha value is -1.30. The summed E-state index contributed by atoms with van der Waals surface area (Å²) in [7, 11) is 0. The Morgan fingerprint density at radius 2 is 2.08 bits per heavy atom. The van der Waals surface area contributed by atoms with Crippen LogP contribution in [0.2, 0.25) is 5.02 Å². The number of benzene rings is 1. The van der Waals surface area contributed by atoms with Crippen molar-refractivity contribution in [1.82, 2.24) is 4.90 Å². The zero-order valence-corrected chi connectivity index (χ0v) is 15.6. The van der Waals surface area contributed by atoms with Crippen LogP contribution in [0.3, 0.4) is 0 Å². The summed E-state index contributed by atoms with van der Waals surface area (Å²) in [6.07, 6.45) is 0.337. The van der Waals surface area contributed by atoms with Gasteiger partial charge in [0.25, 0.3) is 0 Å². The lowest BCUT2D eigenvalue weighted by Gasteiger charge is -2.24. The van der Waals surface area contributed by atoms with E-state index in [2.05, 4.69) is 13.0 Å². The van der Waals surface area contributed by atoms with Crippen molar-refractivity contribution in [3.05, 3.63) is 34.3 Å². The fraction of sp³-hybridized carbons (Fsp3) is 0.611. The van der Waals surface area contributed by atoms with Crippen LogP contribution in [0.4, 0.5) is 4.79 Å². The minimum atomic E-state index is -0.514. The highest BCUT2D eigenvalue weighted by Crippen LogP contribution is 2.21. The molecule has 1 aliphatic heterocycles. The molecule has 1 amide bonds. The van der Waals surface area contributed by atoms with Crippen LogP contribution >= 0.6 is 11.6 Å². The molecule has 0 saturated carbocycles. The third-order valence-corrected chi connectivity index (χ3v) is 4.28. The molecule has 0 spiro atoms. The number of nitrogens with zero attached hydrogens (tertiary/aromatic N) is 1. The molecule has 1 fully saturated rings. The van der Waals surface area contributed by atoms with E-state index in [0.717, 1.165) is 22.6 Å². The average Bonchev–Trinajstić information content (AvgIpc) is 2.86. The van der Waals surface area contributed by atoms with Crippen LogP contribution in [0.15, 0.2) is 18.2 Å². The van der Waals surface area contributed by atoms with Gasteiger partial charge in [0.15, 0.2) is 0 Å². The van der Waals surface area contributed by atoms with Crippen molar-refractivity contribution < 1.29 is 14.3 Å². The fourth-order valence-corrected chi connectivity index (χ4v) is 2.89. The van der Waals surface area contributed by atoms with Gasteiger partial charge in [-0.2, -0.15) is 0 Å². The maximum absolute atomic E-state index is 12.1. The predicted molar refractivity (Wildman–Crippen MR) is 95.2 cm³/mol. The average molecular weight is 355 g/mol. The van der Waals surface area contributed by atoms with Crippen LogP contribution in [-0.2, 0) is 22.5 Å². The van der Waals surface area contributed by atoms with Crippen LogP contribution in [0.5, 0.6) is 0 Å². The number of nitrogens with two attached hydrogens (primary N) is 1. The zero-order valence-electron chi connectivity index (χ0n) is 14.8. The SMILES string of the molecule is CCc1cc(CO[C@H]2CN(C(=O)OC(C)(C)C)C[C@@H]2N)ccc1Cl. The first-order valence-electron chi connectivity index (χ1n) is 8.32. The van der Waals surface area contributed by atoms with Crippen LogP contribution in [0, 0.1) is 0 Å². The van der Waals surface area contributed by atoms with E-state index < -0.39 is 5.60 Å². The molecule has 1 aromatic rings. The molecule has 1 aliphatic rings. The van der Waals surface area contributed by atoms with Gasteiger partial charge in [-0.3, -0.25) is 0 Å². The molecule has 0 radical (unpaired) electrons. The Labute approximate surface area is 149 Å². The third kappa shape index (κ3) is 5.10. The maximum atomic E-state index is 12.1. The Morgan fingerprint density at radius 3 is 2.71 bits per heavy atom. The van der Waals surface area contributed by atoms with Gasteiger partial charge in [0, 0.05) is 11.6 Å². The van der Waals surface area contributed by atoms with Gasteiger partial charge in [0.05, 0.1) is 25.3 Å². The van der Waals surface area contributed by atoms with Crippen molar-refractivity contribution in [3.8, 4) is 0 Å². The number of ether oxygens (including phenoxy) is 2. The molecule has 24 heavy (non-hydrogen) atoms. The molecule has 2 N–H and O–H groups in total. The number of aryl methyl sites for hydroxylation is 1. The van der Waals surface area contributed by atoms with Crippen molar-refractivity contribution in [2.75, 3.05) is 13.1 Å². The van der Waals surface area contributed by atoms with Crippen LogP contribution in [0.25, 0.3) is 0 Å². The summed E-state index contributed by atoms with van der Waals surface area (Å²) in [5.41, 5.74) is 7.76. The summed E-state index contributed by atoms with van der Waals surface area (Å²) < 4.78 is 11.3. The molecule has 2 atom stereocenters. The second-order valence-electron chi connectivity index (χ2n) is 7.18. The topological polar surface area (TPSA) is 64.8 Å². The third-order valence-electron chi connectivity index (χ3n) is 3.92. The van der Waals surface area contributed by atoms with Gasteiger partial charge < -0.3 is 20.1 Å². The highest BCUT2D eigenvalue weighted by molar-refractivity contribution is 6.31. The molecule has 0 aliphatic carbocycles. The predicted octanol–water partition coefficient (Wildman–Crippen LogP) is 3.37. The standard InChI is InChI=1S/C18H27ClN2O3/c1-5-13-8-12(6-7-14(13)19)11-23-16-10-21(9-15(16)20)17(22)24-18(2,3)4/h6-8,15-16H,5,9-11,20H2,1-4H3/t15-,16-/m0/s1. The molecule has 1 saturated heterocycles. The van der Waals surface area contributed by atoms with E-state index in [1.807, 2.05) is 32.9 Å². The van der Waals surface area contributed by atoms with Crippen LogP contribution < -0.4 is 5.73 Å². The van der Waals surface area contributed by atoms with E-state index in [-0.39, 0.29) is 18.2 Å². The second kappa shape index (κ2) is 7.72. The number of hydrogen-bond acceptors (Lipinski definition) is 4. The van der Waals surface area contributed by atoms with Gasteiger partial charge in [0.1, 0.15) is 5.60 Å². The van der Waals surface area contributed by atoms with Gasteiger partial charge >= 0.3 is 6.09 Å². The van der Waals surface area contributed by atoms with E-state index in [0.29, 0.717) is 19.7 Å². The number of rotatable bonds is 4. The molecule has 134 valence electrons. The van der Waals surface area contributed by atoms with Gasteiger partial charge in [-0.25, -0.2) is 4.79 Å². The first-order chi connectivity index (χ1) is 11.2. The first-order valence-corrected chi connectivity index (χ1v) is 8.70. The summed E-state index contributed by atoms with van der Waals surface area (Å²) in [6.45, 7) is 8.95. The van der Waals surface area contributed by atoms with E-state index in [9.17, 15) is 4.79 Å². The highest BCUT2D eigenvalue weighted by atomic mass is 35.5. The Morgan fingerprint density at radius 1 is 1.38 bits per heavy atom. The molecule has 0 unspecified atom stereocenters. The molecule has 1 aromatic carbocycles. The van der Waals surface area contributed by atoms with E-state index in [1.165, 1.54) is 0 Å². The minimum absolute atomic E-state index is 0.196. The number of carbonyl (C=O) groups is 1. The van der Waals surface area contributed by atoms with Gasteiger partial charge in [-0.1, -0.05) is 30.7 Å². The van der Waals surface area contributed by atoms with Gasteiger partial charge in [-0.15, -0.1) is 0 Å². The molecule has 2 rings (SSSR count). The van der Waals surface area contributed by atoms with Crippen LogP contribution in [-0.4, -0.2) is 41.8 Å². The minimum Gasteiger partial charge on any atom is -0.444 e. The summed E-state index contributed by atoms with van der Waals surface area (Å²) >= 11 is 6.13. The van der Waals surface area contributed by atoms with Crippen molar-refractivity contribution >= 4 is 17.7 Å². The maximum Gasteiger partial charge on any atom is 0.410 e. The number of amides is 1. The van der Waals surface area contributed by atoms with E-state index in [4.69, 9.17) is 26.8 Å². The second-order valence-corrected chi connectivity index (χ2v) is 7.59. The summed E-state index contributed by atoms with van der Waals surface area (Å²) in [4.78, 5) is 13.7. The monoisotopic (exact) mass is 354 g/mol. The fourth-order valence-electron chi connectivity index (χ4n) is 2.64. The molecule has 0 bridgehead atoms. The molecular weight excluding hydrogens is 328 g/mol. The summed E-state index contributed by atoms with van der Waals surface area (Å²) in [5, 5.41) is 0.773. The molecule has 6 heteroatoms. The van der Waals surface area contributed by atoms with Crippen molar-refractivity contribution in [3.63, 3.8) is 0 Å².